The molecule has 6 heteroatoms. The molecule has 0 amide bonds. The third-order valence-electron chi connectivity index (χ3n) is 1.76. The van der Waals surface area contributed by atoms with Gasteiger partial charge in [0.15, 0.2) is 5.84 Å². The second-order valence-corrected chi connectivity index (χ2v) is 3.78. The molecule has 0 radical (unpaired) electrons. The maximum absolute atomic E-state index is 12.9. The fourth-order valence-electron chi connectivity index (χ4n) is 1.04. The molecule has 0 aliphatic carbocycles. The normalized spacial score (nSPS) is 11.7. The number of nitrogens with one attached hydrogen (secondary N) is 1. The zero-order valence-corrected chi connectivity index (χ0v) is 9.46. The van der Waals surface area contributed by atoms with Crippen molar-refractivity contribution in [2.75, 3.05) is 6.54 Å². The van der Waals surface area contributed by atoms with Gasteiger partial charge < -0.3 is 16.3 Å². The Kier molecular flexibility index (Phi) is 4.51. The molecule has 4 nitrogen and oxygen atoms in total. The summed E-state index contributed by atoms with van der Waals surface area (Å²) in [7, 11) is 0. The van der Waals surface area contributed by atoms with Crippen LogP contribution >= 0.6 is 15.9 Å². The molecule has 1 aromatic rings. The molecule has 1 aromatic carbocycles. The number of halogens is 2. The molecule has 0 spiro atoms. The Labute approximate surface area is 95.1 Å². The van der Waals surface area contributed by atoms with E-state index in [0.717, 1.165) is 10.0 Å². The first kappa shape index (κ1) is 11.9. The lowest BCUT2D eigenvalue weighted by molar-refractivity contribution is 0.317. The molecule has 0 unspecified atom stereocenters. The summed E-state index contributed by atoms with van der Waals surface area (Å²) in [4.78, 5) is 0. The van der Waals surface area contributed by atoms with Crippen LogP contribution in [0.5, 0.6) is 0 Å². The zero-order valence-electron chi connectivity index (χ0n) is 7.87. The number of benzene rings is 1. The van der Waals surface area contributed by atoms with Gasteiger partial charge in [0.1, 0.15) is 5.82 Å². The van der Waals surface area contributed by atoms with E-state index in [1.807, 2.05) is 0 Å². The van der Waals surface area contributed by atoms with Crippen molar-refractivity contribution in [3.63, 3.8) is 0 Å². The highest BCUT2D eigenvalue weighted by Crippen LogP contribution is 2.17. The molecule has 82 valence electrons. The maximum atomic E-state index is 12.9. The van der Waals surface area contributed by atoms with Crippen LogP contribution in [-0.4, -0.2) is 17.6 Å². The lowest BCUT2D eigenvalue weighted by atomic mass is 10.2. The first-order valence-corrected chi connectivity index (χ1v) is 5.04. The Bertz CT molecular complexity index is 370. The van der Waals surface area contributed by atoms with Gasteiger partial charge in [-0.05, 0) is 23.8 Å². The van der Waals surface area contributed by atoms with Crippen LogP contribution in [0.15, 0.2) is 27.8 Å². The van der Waals surface area contributed by atoms with Gasteiger partial charge in [0.2, 0.25) is 0 Å². The molecule has 4 N–H and O–H groups in total. The SMILES string of the molecule is NC(CNCc1cc(F)ccc1Br)=NO. The summed E-state index contributed by atoms with van der Waals surface area (Å²) in [5.41, 5.74) is 6.04. The molecule has 0 bridgehead atoms. The van der Waals surface area contributed by atoms with Crippen LogP contribution in [0.4, 0.5) is 4.39 Å². The Balaban J connectivity index is 2.54. The van der Waals surface area contributed by atoms with E-state index in [9.17, 15) is 4.39 Å². The Hall–Kier alpha value is -1.14. The van der Waals surface area contributed by atoms with E-state index in [-0.39, 0.29) is 18.2 Å². The molecule has 0 aliphatic rings. The number of nitrogens with zero attached hydrogens (tertiary/aromatic N) is 1. The first-order chi connectivity index (χ1) is 7.13. The predicted molar refractivity (Wildman–Crippen MR) is 59.2 cm³/mol. The summed E-state index contributed by atoms with van der Waals surface area (Å²) < 4.78 is 13.7. The minimum absolute atomic E-state index is 0.0857. The molecular formula is C9H11BrFN3O. The highest BCUT2D eigenvalue weighted by atomic mass is 79.9. The molecule has 15 heavy (non-hydrogen) atoms. The molecule has 1 rings (SSSR count). The second kappa shape index (κ2) is 5.67. The summed E-state index contributed by atoms with van der Waals surface area (Å²) >= 11 is 3.30. The fourth-order valence-corrected chi connectivity index (χ4v) is 1.43. The van der Waals surface area contributed by atoms with Gasteiger partial charge in [-0.1, -0.05) is 21.1 Å². The molecule has 0 saturated heterocycles. The van der Waals surface area contributed by atoms with E-state index in [0.29, 0.717) is 6.54 Å². The third kappa shape index (κ3) is 3.85. The summed E-state index contributed by atoms with van der Waals surface area (Å²) in [6, 6.07) is 4.43. The van der Waals surface area contributed by atoms with Crippen molar-refractivity contribution >= 4 is 21.8 Å². The maximum Gasteiger partial charge on any atom is 0.153 e. The summed E-state index contributed by atoms with van der Waals surface area (Å²) in [5.74, 6) is -0.207. The molecular weight excluding hydrogens is 265 g/mol. The fraction of sp³-hybridized carbons (Fsp3) is 0.222. The van der Waals surface area contributed by atoms with E-state index < -0.39 is 0 Å². The van der Waals surface area contributed by atoms with Crippen molar-refractivity contribution in [3.05, 3.63) is 34.1 Å². The Morgan fingerprint density at radius 2 is 2.33 bits per heavy atom. The minimum Gasteiger partial charge on any atom is -0.409 e. The highest BCUT2D eigenvalue weighted by molar-refractivity contribution is 9.10. The monoisotopic (exact) mass is 275 g/mol. The van der Waals surface area contributed by atoms with E-state index in [1.54, 1.807) is 6.07 Å². The predicted octanol–water partition coefficient (Wildman–Crippen LogP) is 1.42. The van der Waals surface area contributed by atoms with Crippen LogP contribution in [0.3, 0.4) is 0 Å². The molecule has 0 fully saturated rings. The van der Waals surface area contributed by atoms with Crippen LogP contribution in [-0.2, 0) is 6.54 Å². The summed E-state index contributed by atoms with van der Waals surface area (Å²) in [6.45, 7) is 0.689. The average Bonchev–Trinajstić information content (AvgIpc) is 2.23. The minimum atomic E-state index is -0.293. The van der Waals surface area contributed by atoms with Gasteiger partial charge in [0, 0.05) is 11.0 Å². The van der Waals surface area contributed by atoms with Crippen molar-refractivity contribution in [2.45, 2.75) is 6.54 Å². The van der Waals surface area contributed by atoms with Gasteiger partial charge in [-0.15, -0.1) is 0 Å². The lowest BCUT2D eigenvalue weighted by Gasteiger charge is -2.06. The first-order valence-electron chi connectivity index (χ1n) is 4.24. The van der Waals surface area contributed by atoms with E-state index in [2.05, 4.69) is 26.4 Å². The Morgan fingerprint density at radius 3 is 3.00 bits per heavy atom. The van der Waals surface area contributed by atoms with E-state index in [4.69, 9.17) is 10.9 Å². The van der Waals surface area contributed by atoms with Crippen LogP contribution in [0.25, 0.3) is 0 Å². The van der Waals surface area contributed by atoms with Crippen molar-refractivity contribution in [3.8, 4) is 0 Å². The zero-order chi connectivity index (χ0) is 11.3. The lowest BCUT2D eigenvalue weighted by Crippen LogP contribution is -2.28. The number of hydrogen-bond donors (Lipinski definition) is 3. The van der Waals surface area contributed by atoms with Gasteiger partial charge in [-0.3, -0.25) is 0 Å². The molecule has 0 atom stereocenters. The average molecular weight is 276 g/mol. The van der Waals surface area contributed by atoms with Crippen molar-refractivity contribution in [2.24, 2.45) is 10.9 Å². The van der Waals surface area contributed by atoms with Crippen LogP contribution in [0, 0.1) is 5.82 Å². The topological polar surface area (TPSA) is 70.6 Å². The molecule has 0 heterocycles. The Morgan fingerprint density at radius 1 is 1.60 bits per heavy atom. The summed E-state index contributed by atoms with van der Waals surface area (Å²) in [6.07, 6.45) is 0. The van der Waals surface area contributed by atoms with Crippen molar-refractivity contribution in [1.82, 2.24) is 5.32 Å². The summed E-state index contributed by atoms with van der Waals surface area (Å²) in [5, 5.41) is 14.0. The number of oxime groups is 1. The van der Waals surface area contributed by atoms with Gasteiger partial charge in [-0.2, -0.15) is 0 Å². The van der Waals surface area contributed by atoms with Crippen molar-refractivity contribution < 1.29 is 9.60 Å². The highest BCUT2D eigenvalue weighted by Gasteiger charge is 2.01. The number of rotatable bonds is 4. The molecule has 0 aliphatic heterocycles. The third-order valence-corrected chi connectivity index (χ3v) is 2.53. The van der Waals surface area contributed by atoms with E-state index >= 15 is 0 Å². The van der Waals surface area contributed by atoms with Crippen molar-refractivity contribution in [1.29, 1.82) is 0 Å². The van der Waals surface area contributed by atoms with Gasteiger partial charge in [0.05, 0.1) is 6.54 Å². The van der Waals surface area contributed by atoms with Gasteiger partial charge in [0.25, 0.3) is 0 Å². The van der Waals surface area contributed by atoms with Gasteiger partial charge >= 0.3 is 0 Å². The number of nitrogens with two attached hydrogens (primary N) is 1. The number of hydrogen-bond acceptors (Lipinski definition) is 3. The standard InChI is InChI=1S/C9H11BrFN3O/c10-8-2-1-7(11)3-6(8)4-13-5-9(12)14-15/h1-3,13,15H,4-5H2,(H2,12,14). The molecule has 0 aromatic heterocycles. The smallest absolute Gasteiger partial charge is 0.153 e. The van der Waals surface area contributed by atoms with E-state index in [1.165, 1.54) is 12.1 Å². The quantitative estimate of drug-likeness (QED) is 0.337. The second-order valence-electron chi connectivity index (χ2n) is 2.93. The van der Waals surface area contributed by atoms with Gasteiger partial charge in [-0.25, -0.2) is 4.39 Å². The van der Waals surface area contributed by atoms with Crippen LogP contribution in [0.1, 0.15) is 5.56 Å². The molecule has 0 saturated carbocycles. The van der Waals surface area contributed by atoms with Crippen LogP contribution < -0.4 is 11.1 Å². The van der Waals surface area contributed by atoms with Crippen LogP contribution in [0.2, 0.25) is 0 Å². The number of amidine groups is 1. The largest absolute Gasteiger partial charge is 0.409 e.